The normalized spacial score (nSPS) is 24.8. The molecule has 3 atom stereocenters. The Morgan fingerprint density at radius 1 is 1.32 bits per heavy atom. The summed E-state index contributed by atoms with van der Waals surface area (Å²) in [6.07, 6.45) is -0.840. The first-order valence-electron chi connectivity index (χ1n) is 7.05. The first-order valence-corrected chi connectivity index (χ1v) is 12.6. The fourth-order valence-corrected chi connectivity index (χ4v) is 9.94. The molecule has 1 fully saturated rings. The second-order valence-electron chi connectivity index (χ2n) is 5.78. The molecule has 1 aliphatic rings. The molecule has 14 heteroatoms. The summed E-state index contributed by atoms with van der Waals surface area (Å²) in [5.41, 5.74) is -1.07. The minimum Gasteiger partial charge on any atom is -0.394 e. The second-order valence-corrected chi connectivity index (χ2v) is 12.9. The van der Waals surface area contributed by atoms with E-state index in [-0.39, 0.29) is 12.0 Å². The predicted molar refractivity (Wildman–Crippen MR) is 96.4 cm³/mol. The molecule has 0 bridgehead atoms. The molecule has 1 saturated heterocycles. The molecule has 0 unspecified atom stereocenters. The maximum absolute atomic E-state index is 12.0. The lowest BCUT2D eigenvalue weighted by Crippen LogP contribution is -2.33. The molecule has 25 heavy (non-hydrogen) atoms. The molecular weight excluding hydrogens is 414 g/mol. The van der Waals surface area contributed by atoms with Crippen LogP contribution in [0.2, 0.25) is 0 Å². The van der Waals surface area contributed by atoms with Gasteiger partial charge in [-0.25, -0.2) is 4.79 Å². The topological polar surface area (TPSA) is 165 Å². The van der Waals surface area contributed by atoms with Crippen LogP contribution in [-0.4, -0.2) is 52.3 Å². The van der Waals surface area contributed by atoms with Crippen LogP contribution in [0.15, 0.2) is 15.8 Å². The predicted octanol–water partition coefficient (Wildman–Crippen LogP) is -1.34. The van der Waals surface area contributed by atoms with Gasteiger partial charge in [-0.1, -0.05) is 0 Å². The van der Waals surface area contributed by atoms with Gasteiger partial charge in [0.05, 0.1) is 12.7 Å². The summed E-state index contributed by atoms with van der Waals surface area (Å²) in [5.74, 6) is -0.990. The van der Waals surface area contributed by atoms with E-state index in [9.17, 15) is 34.3 Å². The van der Waals surface area contributed by atoms with Crippen LogP contribution < -0.4 is 11.2 Å². The fourth-order valence-electron chi connectivity index (χ4n) is 2.91. The molecule has 10 nitrogen and oxygen atoms in total. The summed E-state index contributed by atoms with van der Waals surface area (Å²) in [6.45, 7) is -7.51. The molecule has 0 amide bonds. The van der Waals surface area contributed by atoms with Crippen molar-refractivity contribution in [2.24, 2.45) is 5.92 Å². The van der Waals surface area contributed by atoms with Crippen molar-refractivity contribution in [1.82, 2.24) is 9.55 Å². The molecule has 0 aromatic carbocycles. The first-order chi connectivity index (χ1) is 11.4. The Labute approximate surface area is 152 Å². The van der Waals surface area contributed by atoms with Crippen molar-refractivity contribution in [2.45, 2.75) is 31.1 Å². The number of aliphatic hydroxyl groups is 1. The van der Waals surface area contributed by atoms with Crippen LogP contribution in [0.4, 0.5) is 0 Å². The third-order valence-corrected chi connectivity index (χ3v) is 10.4. The zero-order chi connectivity index (χ0) is 19.2. The highest BCUT2D eigenvalue weighted by Crippen LogP contribution is 2.65. The Morgan fingerprint density at radius 2 is 1.88 bits per heavy atom. The van der Waals surface area contributed by atoms with E-state index in [1.165, 1.54) is 13.1 Å². The molecule has 0 radical (unpaired) electrons. The molecule has 0 aliphatic carbocycles. The molecular formula is C11H18N2O8P2S2. The van der Waals surface area contributed by atoms with Gasteiger partial charge in [0.2, 0.25) is 0 Å². The SMILES string of the molecule is Cc1cn([C@H]2C[C@H](C(P(O)(O)=S)P(O)(O)=S)[C@@H](CO)O2)c(=O)[nH]c1=O. The summed E-state index contributed by atoms with van der Waals surface area (Å²) in [4.78, 5) is 64.9. The fraction of sp³-hybridized carbons (Fsp3) is 0.636. The van der Waals surface area contributed by atoms with Crippen LogP contribution in [0.3, 0.4) is 0 Å². The summed E-state index contributed by atoms with van der Waals surface area (Å²) in [6, 6.07) is 0. The van der Waals surface area contributed by atoms with E-state index < -0.39 is 54.5 Å². The van der Waals surface area contributed by atoms with Crippen molar-refractivity contribution in [3.8, 4) is 0 Å². The number of nitrogens with zero attached hydrogens (tertiary/aromatic N) is 1. The molecule has 2 rings (SSSR count). The zero-order valence-electron chi connectivity index (χ0n) is 12.9. The molecule has 2 heterocycles. The van der Waals surface area contributed by atoms with Crippen LogP contribution >= 0.6 is 13.0 Å². The van der Waals surface area contributed by atoms with Crippen molar-refractivity contribution in [2.75, 3.05) is 6.61 Å². The number of aromatic amines is 1. The molecule has 0 saturated carbocycles. The minimum atomic E-state index is -4.20. The highest BCUT2D eigenvalue weighted by molar-refractivity contribution is 8.19. The number of H-pyrrole nitrogens is 1. The highest BCUT2D eigenvalue weighted by Gasteiger charge is 2.50. The maximum atomic E-state index is 12.0. The molecule has 142 valence electrons. The van der Waals surface area contributed by atoms with Gasteiger partial charge in [0.25, 0.3) is 5.56 Å². The Morgan fingerprint density at radius 3 is 2.36 bits per heavy atom. The lowest BCUT2D eigenvalue weighted by Gasteiger charge is -2.31. The van der Waals surface area contributed by atoms with E-state index in [0.29, 0.717) is 0 Å². The first kappa shape index (κ1) is 21.0. The van der Waals surface area contributed by atoms with Crippen molar-refractivity contribution >= 4 is 36.6 Å². The van der Waals surface area contributed by atoms with Gasteiger partial charge in [-0.15, -0.1) is 0 Å². The van der Waals surface area contributed by atoms with Gasteiger partial charge in [-0.3, -0.25) is 14.3 Å². The number of ether oxygens (including phenoxy) is 1. The zero-order valence-corrected chi connectivity index (χ0v) is 16.3. The Kier molecular flexibility index (Phi) is 6.23. The second kappa shape index (κ2) is 7.40. The van der Waals surface area contributed by atoms with Crippen molar-refractivity contribution in [3.05, 3.63) is 32.6 Å². The van der Waals surface area contributed by atoms with E-state index in [1.807, 2.05) is 0 Å². The lowest BCUT2D eigenvalue weighted by molar-refractivity contribution is -0.0321. The van der Waals surface area contributed by atoms with Gasteiger partial charge in [-0.2, -0.15) is 0 Å². The smallest absolute Gasteiger partial charge is 0.330 e. The number of aryl methyl sites for hydroxylation is 1. The van der Waals surface area contributed by atoms with Crippen LogP contribution in [0.5, 0.6) is 0 Å². The Bertz CT molecular complexity index is 836. The van der Waals surface area contributed by atoms with Gasteiger partial charge in [-0.05, 0) is 37.0 Å². The highest BCUT2D eigenvalue weighted by atomic mass is 32.5. The Balaban J connectivity index is 2.46. The van der Waals surface area contributed by atoms with Crippen molar-refractivity contribution in [3.63, 3.8) is 0 Å². The van der Waals surface area contributed by atoms with Gasteiger partial charge in [0.15, 0.2) is 13.0 Å². The number of aliphatic hydroxyl groups excluding tert-OH is 1. The largest absolute Gasteiger partial charge is 0.394 e. The van der Waals surface area contributed by atoms with E-state index in [0.717, 1.165) is 4.57 Å². The average Bonchev–Trinajstić information content (AvgIpc) is 2.82. The maximum Gasteiger partial charge on any atom is 0.330 e. The number of nitrogens with one attached hydrogen (secondary N) is 1. The number of rotatable bonds is 5. The molecule has 1 aromatic heterocycles. The lowest BCUT2D eigenvalue weighted by atomic mass is 10.0. The van der Waals surface area contributed by atoms with Crippen LogP contribution in [0, 0.1) is 12.8 Å². The summed E-state index contributed by atoms with van der Waals surface area (Å²) in [5, 5.41) is 7.88. The molecule has 1 aliphatic heterocycles. The van der Waals surface area contributed by atoms with Gasteiger partial charge in [0.1, 0.15) is 11.6 Å². The minimum absolute atomic E-state index is 0.0830. The molecule has 0 spiro atoms. The quantitative estimate of drug-likeness (QED) is 0.307. The van der Waals surface area contributed by atoms with Crippen LogP contribution in [-0.2, 0) is 28.4 Å². The van der Waals surface area contributed by atoms with E-state index in [1.54, 1.807) is 0 Å². The van der Waals surface area contributed by atoms with Crippen molar-refractivity contribution < 1.29 is 29.4 Å². The van der Waals surface area contributed by atoms with Crippen LogP contribution in [0.1, 0.15) is 18.2 Å². The molecule has 1 aromatic rings. The van der Waals surface area contributed by atoms with E-state index >= 15 is 0 Å². The standard InChI is InChI=1S/C11H18N2O8P2S2/c1-5-3-13(11(16)12-9(5)15)8-2-6(7(4-14)21-8)10(22(17,18)24)23(19,20)25/h3,6-8,10,14H,2,4H2,1H3,(H,12,15,16)(H2,17,18,24)(H2,19,20,25)/t6-,7+,8+/m0/s1. The summed E-state index contributed by atoms with van der Waals surface area (Å²) < 4.78 is 6.62. The number of hydrogen-bond donors (Lipinski definition) is 6. The van der Waals surface area contributed by atoms with Gasteiger partial charge in [0, 0.05) is 17.7 Å². The molecule has 6 N–H and O–H groups in total. The van der Waals surface area contributed by atoms with Crippen molar-refractivity contribution in [1.29, 1.82) is 0 Å². The van der Waals surface area contributed by atoms with E-state index in [2.05, 4.69) is 28.6 Å². The van der Waals surface area contributed by atoms with Crippen LogP contribution in [0.25, 0.3) is 0 Å². The monoisotopic (exact) mass is 432 g/mol. The number of aromatic nitrogens is 2. The third kappa shape index (κ3) is 4.54. The van der Waals surface area contributed by atoms with Gasteiger partial charge >= 0.3 is 5.69 Å². The van der Waals surface area contributed by atoms with E-state index in [4.69, 9.17) is 4.74 Å². The third-order valence-electron chi connectivity index (χ3n) is 3.99. The summed E-state index contributed by atoms with van der Waals surface area (Å²) in [7, 11) is 0. The summed E-state index contributed by atoms with van der Waals surface area (Å²) >= 11 is 9.24. The number of hydrogen-bond acceptors (Lipinski definition) is 6. The Hall–Kier alpha value is -0.260. The average molecular weight is 432 g/mol. The van der Waals surface area contributed by atoms with Gasteiger partial charge < -0.3 is 29.4 Å².